The molecule has 15 heavy (non-hydrogen) atoms. The standard InChI is InChI=1S/C10H13NO4/c1-15-9-5-8(12)6(2-3-11)4-7(9)10(13)14/h4-5,12H,2-3,11H2,1H3,(H,13,14). The molecule has 1 aromatic carbocycles. The maximum Gasteiger partial charge on any atom is 0.339 e. The number of carboxylic acids is 1. The molecule has 0 unspecified atom stereocenters. The monoisotopic (exact) mass is 211 g/mol. The predicted octanol–water partition coefficient (Wildman–Crippen LogP) is 0.600. The predicted molar refractivity (Wildman–Crippen MR) is 54.4 cm³/mol. The highest BCUT2D eigenvalue weighted by atomic mass is 16.5. The molecule has 82 valence electrons. The molecule has 0 radical (unpaired) electrons. The fourth-order valence-corrected chi connectivity index (χ4v) is 1.31. The van der Waals surface area contributed by atoms with Gasteiger partial charge in [0.2, 0.25) is 0 Å². The molecule has 0 heterocycles. The van der Waals surface area contributed by atoms with Crippen LogP contribution < -0.4 is 10.5 Å². The highest BCUT2D eigenvalue weighted by molar-refractivity contribution is 5.91. The molecule has 5 heteroatoms. The lowest BCUT2D eigenvalue weighted by Gasteiger charge is -2.09. The maximum absolute atomic E-state index is 10.9. The maximum atomic E-state index is 10.9. The summed E-state index contributed by atoms with van der Waals surface area (Å²) < 4.78 is 4.85. The fourth-order valence-electron chi connectivity index (χ4n) is 1.31. The van der Waals surface area contributed by atoms with Crippen LogP contribution in [-0.4, -0.2) is 29.8 Å². The fraction of sp³-hybridized carbons (Fsp3) is 0.300. The first-order chi connectivity index (χ1) is 7.10. The van der Waals surface area contributed by atoms with Gasteiger partial charge in [0.15, 0.2) is 0 Å². The van der Waals surface area contributed by atoms with Crippen molar-refractivity contribution in [3.63, 3.8) is 0 Å². The van der Waals surface area contributed by atoms with Crippen molar-refractivity contribution in [3.05, 3.63) is 23.3 Å². The van der Waals surface area contributed by atoms with E-state index in [1.807, 2.05) is 0 Å². The molecule has 0 bridgehead atoms. The summed E-state index contributed by atoms with van der Waals surface area (Å²) in [7, 11) is 1.35. The molecular formula is C10H13NO4. The summed E-state index contributed by atoms with van der Waals surface area (Å²) in [5.74, 6) is -0.951. The van der Waals surface area contributed by atoms with Gasteiger partial charge < -0.3 is 20.7 Å². The lowest BCUT2D eigenvalue weighted by molar-refractivity contribution is 0.0693. The van der Waals surface area contributed by atoms with Gasteiger partial charge in [-0.2, -0.15) is 0 Å². The Bertz CT molecular complexity index is 376. The number of methoxy groups -OCH3 is 1. The van der Waals surface area contributed by atoms with Gasteiger partial charge in [-0.25, -0.2) is 4.79 Å². The molecule has 0 saturated heterocycles. The van der Waals surface area contributed by atoms with Crippen LogP contribution >= 0.6 is 0 Å². The highest BCUT2D eigenvalue weighted by Gasteiger charge is 2.14. The van der Waals surface area contributed by atoms with Gasteiger partial charge in [-0.1, -0.05) is 0 Å². The second-order valence-electron chi connectivity index (χ2n) is 3.03. The van der Waals surface area contributed by atoms with Crippen molar-refractivity contribution in [2.45, 2.75) is 6.42 Å². The number of aromatic carboxylic acids is 1. The van der Waals surface area contributed by atoms with E-state index >= 15 is 0 Å². The van der Waals surface area contributed by atoms with Crippen LogP contribution in [0, 0.1) is 0 Å². The molecule has 0 saturated carbocycles. The minimum atomic E-state index is -1.09. The van der Waals surface area contributed by atoms with Crippen LogP contribution in [0.25, 0.3) is 0 Å². The van der Waals surface area contributed by atoms with Gasteiger partial charge in [-0.3, -0.25) is 0 Å². The van der Waals surface area contributed by atoms with Gasteiger partial charge in [-0.05, 0) is 24.6 Å². The Kier molecular flexibility index (Phi) is 3.51. The van der Waals surface area contributed by atoms with E-state index in [-0.39, 0.29) is 17.1 Å². The summed E-state index contributed by atoms with van der Waals surface area (Å²) in [6, 6.07) is 2.66. The van der Waals surface area contributed by atoms with Crippen LogP contribution in [0.1, 0.15) is 15.9 Å². The van der Waals surface area contributed by atoms with Crippen LogP contribution in [0.4, 0.5) is 0 Å². The van der Waals surface area contributed by atoms with Gasteiger partial charge in [0.1, 0.15) is 17.1 Å². The molecule has 0 aromatic heterocycles. The van der Waals surface area contributed by atoms with Crippen LogP contribution in [0.2, 0.25) is 0 Å². The van der Waals surface area contributed by atoms with Gasteiger partial charge in [0.25, 0.3) is 0 Å². The topological polar surface area (TPSA) is 92.8 Å². The summed E-state index contributed by atoms with van der Waals surface area (Å²) in [6.45, 7) is 0.346. The molecule has 0 fully saturated rings. The third-order valence-electron chi connectivity index (χ3n) is 2.04. The third-order valence-corrected chi connectivity index (χ3v) is 2.04. The lowest BCUT2D eigenvalue weighted by atomic mass is 10.1. The summed E-state index contributed by atoms with van der Waals surface area (Å²) in [4.78, 5) is 10.9. The second kappa shape index (κ2) is 4.65. The Labute approximate surface area is 87.1 Å². The number of carbonyl (C=O) groups is 1. The summed E-state index contributed by atoms with van der Waals surface area (Å²) in [5, 5.41) is 18.4. The van der Waals surface area contributed by atoms with Crippen molar-refractivity contribution in [1.82, 2.24) is 0 Å². The molecule has 0 spiro atoms. The Hall–Kier alpha value is -1.75. The molecular weight excluding hydrogens is 198 g/mol. The van der Waals surface area contributed by atoms with Crippen molar-refractivity contribution in [2.24, 2.45) is 5.73 Å². The van der Waals surface area contributed by atoms with Crippen molar-refractivity contribution < 1.29 is 19.7 Å². The number of ether oxygens (including phenoxy) is 1. The van der Waals surface area contributed by atoms with Crippen molar-refractivity contribution >= 4 is 5.97 Å². The van der Waals surface area contributed by atoms with Crippen molar-refractivity contribution in [3.8, 4) is 11.5 Å². The van der Waals surface area contributed by atoms with Gasteiger partial charge >= 0.3 is 5.97 Å². The largest absolute Gasteiger partial charge is 0.508 e. The number of aromatic hydroxyl groups is 1. The van der Waals surface area contributed by atoms with Crippen molar-refractivity contribution in [2.75, 3.05) is 13.7 Å². The van der Waals surface area contributed by atoms with Crippen LogP contribution in [-0.2, 0) is 6.42 Å². The zero-order chi connectivity index (χ0) is 11.4. The lowest BCUT2D eigenvalue weighted by Crippen LogP contribution is -2.06. The molecule has 5 nitrogen and oxygen atoms in total. The van der Waals surface area contributed by atoms with E-state index in [0.29, 0.717) is 18.5 Å². The number of hydrogen-bond acceptors (Lipinski definition) is 4. The molecule has 0 atom stereocenters. The van der Waals surface area contributed by atoms with E-state index in [1.165, 1.54) is 19.2 Å². The minimum absolute atomic E-state index is 0.00213. The Morgan fingerprint density at radius 1 is 1.53 bits per heavy atom. The third kappa shape index (κ3) is 2.38. The number of hydrogen-bond donors (Lipinski definition) is 3. The summed E-state index contributed by atoms with van der Waals surface area (Å²) in [5.41, 5.74) is 5.87. The van der Waals surface area contributed by atoms with Crippen molar-refractivity contribution in [1.29, 1.82) is 0 Å². The zero-order valence-corrected chi connectivity index (χ0v) is 8.36. The normalized spacial score (nSPS) is 10.0. The van der Waals surface area contributed by atoms with Crippen LogP contribution in [0.3, 0.4) is 0 Å². The summed E-state index contributed by atoms with van der Waals surface area (Å²) >= 11 is 0. The molecule has 0 amide bonds. The highest BCUT2D eigenvalue weighted by Crippen LogP contribution is 2.28. The molecule has 1 rings (SSSR count). The first-order valence-corrected chi connectivity index (χ1v) is 4.43. The van der Waals surface area contributed by atoms with Gasteiger partial charge in [0.05, 0.1) is 7.11 Å². The number of phenols is 1. The van der Waals surface area contributed by atoms with Crippen LogP contribution in [0.15, 0.2) is 12.1 Å². The first kappa shape index (κ1) is 11.3. The summed E-state index contributed by atoms with van der Waals surface area (Å²) in [6.07, 6.45) is 0.427. The van der Waals surface area contributed by atoms with E-state index in [9.17, 15) is 9.90 Å². The quantitative estimate of drug-likeness (QED) is 0.678. The molecule has 0 aliphatic heterocycles. The average Bonchev–Trinajstić information content (AvgIpc) is 2.20. The Morgan fingerprint density at radius 2 is 2.20 bits per heavy atom. The molecule has 0 aliphatic carbocycles. The zero-order valence-electron chi connectivity index (χ0n) is 8.36. The van der Waals surface area contributed by atoms with Gasteiger partial charge in [-0.15, -0.1) is 0 Å². The molecule has 1 aromatic rings. The minimum Gasteiger partial charge on any atom is -0.508 e. The smallest absolute Gasteiger partial charge is 0.339 e. The number of benzene rings is 1. The number of phenolic OH excluding ortho intramolecular Hbond substituents is 1. The number of carboxylic acid groups (broad SMARTS) is 1. The first-order valence-electron chi connectivity index (χ1n) is 4.43. The van der Waals surface area contributed by atoms with Crippen LogP contribution in [0.5, 0.6) is 11.5 Å². The SMILES string of the molecule is COc1cc(O)c(CCN)cc1C(=O)O. The second-order valence-corrected chi connectivity index (χ2v) is 3.03. The van der Waals surface area contributed by atoms with E-state index in [0.717, 1.165) is 0 Å². The van der Waals surface area contributed by atoms with Gasteiger partial charge in [0, 0.05) is 6.07 Å². The number of rotatable bonds is 4. The Morgan fingerprint density at radius 3 is 2.67 bits per heavy atom. The van der Waals surface area contributed by atoms with E-state index in [4.69, 9.17) is 15.6 Å². The average molecular weight is 211 g/mol. The van der Waals surface area contributed by atoms with E-state index in [2.05, 4.69) is 0 Å². The van der Waals surface area contributed by atoms with E-state index in [1.54, 1.807) is 0 Å². The Balaban J connectivity index is 3.23. The van der Waals surface area contributed by atoms with E-state index < -0.39 is 5.97 Å². The molecule has 4 N–H and O–H groups in total. The number of nitrogens with two attached hydrogens (primary N) is 1. The molecule has 0 aliphatic rings.